The Morgan fingerprint density at radius 3 is 2.87 bits per heavy atom. The Balaban J connectivity index is 2.61. The highest BCUT2D eigenvalue weighted by Crippen LogP contribution is 2.36. The van der Waals surface area contributed by atoms with E-state index >= 15 is 0 Å². The standard InChI is InChI=1S/C8H3N3O2S2/c9-3-5-6(7-10-1-2-14-7)4-15-8(5)11(12)13/h1-2,4H. The van der Waals surface area contributed by atoms with E-state index in [1.165, 1.54) is 11.3 Å². The molecular formula is C8H3N3O2S2. The second kappa shape index (κ2) is 3.76. The lowest BCUT2D eigenvalue weighted by atomic mass is 10.2. The Morgan fingerprint density at radius 2 is 2.33 bits per heavy atom. The molecule has 0 saturated heterocycles. The quantitative estimate of drug-likeness (QED) is 0.594. The van der Waals surface area contributed by atoms with E-state index in [1.807, 2.05) is 6.07 Å². The van der Waals surface area contributed by atoms with Crippen LogP contribution in [-0.2, 0) is 0 Å². The predicted octanol–water partition coefficient (Wildman–Crippen LogP) is 2.65. The van der Waals surface area contributed by atoms with Crippen LogP contribution in [0, 0.1) is 21.4 Å². The minimum atomic E-state index is -0.541. The predicted molar refractivity (Wildman–Crippen MR) is 56.8 cm³/mol. The van der Waals surface area contributed by atoms with Crippen LogP contribution >= 0.6 is 22.7 Å². The summed E-state index contributed by atoms with van der Waals surface area (Å²) in [5, 5.41) is 23.3. The molecule has 2 aromatic rings. The maximum Gasteiger partial charge on any atom is 0.342 e. The Bertz CT molecular complexity index is 539. The molecule has 2 heterocycles. The van der Waals surface area contributed by atoms with Crippen molar-refractivity contribution >= 4 is 27.7 Å². The third-order valence-corrected chi connectivity index (χ3v) is 3.45. The molecule has 0 aliphatic heterocycles. The lowest BCUT2D eigenvalue weighted by Crippen LogP contribution is -1.87. The summed E-state index contributed by atoms with van der Waals surface area (Å²) in [4.78, 5) is 14.1. The van der Waals surface area contributed by atoms with Gasteiger partial charge in [0.1, 0.15) is 11.1 Å². The van der Waals surface area contributed by atoms with Gasteiger partial charge in [0.05, 0.1) is 4.92 Å². The normalized spacial score (nSPS) is 9.80. The van der Waals surface area contributed by atoms with Crippen LogP contribution in [0.1, 0.15) is 5.56 Å². The van der Waals surface area contributed by atoms with E-state index in [9.17, 15) is 10.1 Å². The van der Waals surface area contributed by atoms with Gasteiger partial charge in [0.2, 0.25) is 0 Å². The molecule has 0 saturated carbocycles. The number of rotatable bonds is 2. The maximum atomic E-state index is 10.6. The molecule has 0 amide bonds. The Hall–Kier alpha value is -1.78. The molecule has 2 rings (SSSR count). The van der Waals surface area contributed by atoms with Gasteiger partial charge in [0.15, 0.2) is 5.56 Å². The number of thiazole rings is 1. The fraction of sp³-hybridized carbons (Fsp3) is 0. The van der Waals surface area contributed by atoms with Crippen LogP contribution in [0.5, 0.6) is 0 Å². The SMILES string of the molecule is N#Cc1c(-c2nccs2)csc1[N+](=O)[O-]. The van der Waals surface area contributed by atoms with Crippen LogP contribution < -0.4 is 0 Å². The first-order valence-electron chi connectivity index (χ1n) is 3.80. The molecule has 74 valence electrons. The number of nitrogens with zero attached hydrogens (tertiary/aromatic N) is 3. The van der Waals surface area contributed by atoms with Crippen molar-refractivity contribution in [3.05, 3.63) is 32.6 Å². The number of nitriles is 1. The number of hydrogen-bond donors (Lipinski definition) is 0. The third kappa shape index (κ3) is 1.60. The van der Waals surface area contributed by atoms with Gasteiger partial charge in [-0.15, -0.1) is 11.3 Å². The minimum absolute atomic E-state index is 0.0972. The van der Waals surface area contributed by atoms with Gasteiger partial charge in [-0.25, -0.2) is 4.98 Å². The molecule has 0 bridgehead atoms. The highest BCUT2D eigenvalue weighted by Gasteiger charge is 2.22. The number of nitro groups is 1. The molecule has 0 spiro atoms. The number of thiophene rings is 1. The van der Waals surface area contributed by atoms with Crippen LogP contribution in [0.25, 0.3) is 10.6 Å². The van der Waals surface area contributed by atoms with Gasteiger partial charge in [-0.1, -0.05) is 11.3 Å². The second-order valence-corrected chi connectivity index (χ2v) is 4.29. The second-order valence-electron chi connectivity index (χ2n) is 2.54. The topological polar surface area (TPSA) is 79.8 Å². The van der Waals surface area contributed by atoms with Crippen LogP contribution in [0.15, 0.2) is 17.0 Å². The van der Waals surface area contributed by atoms with E-state index in [4.69, 9.17) is 5.26 Å². The van der Waals surface area contributed by atoms with Crippen molar-refractivity contribution in [2.24, 2.45) is 0 Å². The van der Waals surface area contributed by atoms with E-state index in [1.54, 1.807) is 17.0 Å². The Morgan fingerprint density at radius 1 is 1.53 bits per heavy atom. The van der Waals surface area contributed by atoms with Crippen molar-refractivity contribution in [2.45, 2.75) is 0 Å². The lowest BCUT2D eigenvalue weighted by molar-refractivity contribution is -0.380. The highest BCUT2D eigenvalue weighted by molar-refractivity contribution is 7.16. The van der Waals surface area contributed by atoms with Gasteiger partial charge in [-0.2, -0.15) is 5.26 Å². The zero-order valence-electron chi connectivity index (χ0n) is 7.21. The zero-order valence-corrected chi connectivity index (χ0v) is 8.84. The molecule has 0 fully saturated rings. The Labute approximate surface area is 92.4 Å². The highest BCUT2D eigenvalue weighted by atomic mass is 32.1. The molecule has 0 atom stereocenters. The summed E-state index contributed by atoms with van der Waals surface area (Å²) < 4.78 is 0. The molecular weight excluding hydrogens is 234 g/mol. The number of aromatic nitrogens is 1. The van der Waals surface area contributed by atoms with Crippen LogP contribution in [0.3, 0.4) is 0 Å². The summed E-state index contributed by atoms with van der Waals surface area (Å²) in [5.41, 5.74) is 0.643. The van der Waals surface area contributed by atoms with E-state index in [0.29, 0.717) is 10.6 Å². The van der Waals surface area contributed by atoms with Gasteiger partial charge >= 0.3 is 5.00 Å². The first-order chi connectivity index (χ1) is 7.24. The monoisotopic (exact) mass is 237 g/mol. The summed E-state index contributed by atoms with van der Waals surface area (Å²) in [7, 11) is 0. The van der Waals surface area contributed by atoms with Gasteiger partial charge in [0, 0.05) is 22.5 Å². The molecule has 7 heteroatoms. The average molecular weight is 237 g/mol. The van der Waals surface area contributed by atoms with E-state index in [-0.39, 0.29) is 10.6 Å². The van der Waals surface area contributed by atoms with Crippen molar-refractivity contribution in [3.63, 3.8) is 0 Å². The molecule has 0 unspecified atom stereocenters. The smallest absolute Gasteiger partial charge is 0.258 e. The van der Waals surface area contributed by atoms with Crippen LogP contribution in [0.4, 0.5) is 5.00 Å². The largest absolute Gasteiger partial charge is 0.342 e. The summed E-state index contributed by atoms with van der Waals surface area (Å²) in [6.45, 7) is 0. The molecule has 15 heavy (non-hydrogen) atoms. The fourth-order valence-corrected chi connectivity index (χ4v) is 2.66. The molecule has 0 radical (unpaired) electrons. The molecule has 0 aliphatic carbocycles. The van der Waals surface area contributed by atoms with E-state index < -0.39 is 4.92 Å². The van der Waals surface area contributed by atoms with Crippen molar-refractivity contribution in [2.75, 3.05) is 0 Å². The van der Waals surface area contributed by atoms with Gasteiger partial charge in [-0.3, -0.25) is 10.1 Å². The molecule has 0 N–H and O–H groups in total. The van der Waals surface area contributed by atoms with Crippen LogP contribution in [0.2, 0.25) is 0 Å². The first-order valence-corrected chi connectivity index (χ1v) is 5.56. The van der Waals surface area contributed by atoms with Gasteiger partial charge in [0.25, 0.3) is 0 Å². The van der Waals surface area contributed by atoms with Crippen molar-refractivity contribution in [3.8, 4) is 16.6 Å². The maximum absolute atomic E-state index is 10.6. The molecule has 0 aromatic carbocycles. The first kappa shape index (κ1) is 9.76. The lowest BCUT2D eigenvalue weighted by Gasteiger charge is -1.89. The van der Waals surface area contributed by atoms with E-state index in [0.717, 1.165) is 11.3 Å². The summed E-state index contributed by atoms with van der Waals surface area (Å²) in [6.07, 6.45) is 1.60. The van der Waals surface area contributed by atoms with Crippen LogP contribution in [-0.4, -0.2) is 9.91 Å². The third-order valence-electron chi connectivity index (χ3n) is 1.71. The van der Waals surface area contributed by atoms with Crippen molar-refractivity contribution < 1.29 is 4.92 Å². The Kier molecular flexibility index (Phi) is 2.45. The van der Waals surface area contributed by atoms with E-state index in [2.05, 4.69) is 4.98 Å². The summed E-state index contributed by atoms with van der Waals surface area (Å²) in [5.74, 6) is 0. The number of hydrogen-bond acceptors (Lipinski definition) is 6. The molecule has 5 nitrogen and oxygen atoms in total. The van der Waals surface area contributed by atoms with Gasteiger partial charge in [-0.05, 0) is 0 Å². The summed E-state index contributed by atoms with van der Waals surface area (Å²) in [6, 6.07) is 1.85. The average Bonchev–Trinajstić information content (AvgIpc) is 2.85. The fourth-order valence-electron chi connectivity index (χ4n) is 1.10. The summed E-state index contributed by atoms with van der Waals surface area (Å²) >= 11 is 2.30. The zero-order chi connectivity index (χ0) is 10.8. The van der Waals surface area contributed by atoms with Gasteiger partial charge < -0.3 is 0 Å². The van der Waals surface area contributed by atoms with Crippen molar-refractivity contribution in [1.82, 2.24) is 4.98 Å². The molecule has 0 aliphatic rings. The molecule has 2 aromatic heterocycles. The van der Waals surface area contributed by atoms with Crippen molar-refractivity contribution in [1.29, 1.82) is 5.26 Å². The minimum Gasteiger partial charge on any atom is -0.258 e.